The summed E-state index contributed by atoms with van der Waals surface area (Å²) in [5, 5.41) is 13.5. The molecule has 2 aromatic carbocycles. The molecule has 1 amide bonds. The third-order valence-electron chi connectivity index (χ3n) is 8.01. The highest BCUT2D eigenvalue weighted by Gasteiger charge is 2.30. The topological polar surface area (TPSA) is 123 Å². The number of carbonyl (C=O) groups excluding carboxylic acids is 1. The van der Waals surface area contributed by atoms with Crippen molar-refractivity contribution in [2.45, 2.75) is 32.7 Å². The molecule has 0 fully saturated rings. The van der Waals surface area contributed by atoms with E-state index < -0.39 is 6.04 Å². The molecule has 4 aromatic heterocycles. The number of nitrogens with one attached hydrogen (secondary N) is 3. The van der Waals surface area contributed by atoms with Gasteiger partial charge in [-0.25, -0.2) is 14.2 Å². The van der Waals surface area contributed by atoms with Gasteiger partial charge in [0.1, 0.15) is 5.56 Å². The van der Waals surface area contributed by atoms with Crippen LogP contribution in [0.15, 0.2) is 78.1 Å². The second-order valence-corrected chi connectivity index (χ2v) is 11.7. The van der Waals surface area contributed by atoms with Gasteiger partial charge in [0, 0.05) is 55.6 Å². The molecule has 12 heteroatoms. The number of rotatable bonds is 8. The summed E-state index contributed by atoms with van der Waals surface area (Å²) >= 11 is 1.24. The number of benzene rings is 2. The summed E-state index contributed by atoms with van der Waals surface area (Å²) < 4.78 is 11.3. The minimum absolute atomic E-state index is 0.178. The zero-order valence-electron chi connectivity index (χ0n) is 25.5. The number of hydrogen-bond donors (Lipinski definition) is 3. The Morgan fingerprint density at radius 3 is 2.72 bits per heavy atom. The fourth-order valence-corrected chi connectivity index (χ4v) is 6.55. The molecule has 0 saturated carbocycles. The van der Waals surface area contributed by atoms with Crippen LogP contribution in [0.25, 0.3) is 22.1 Å². The van der Waals surface area contributed by atoms with Crippen LogP contribution >= 0.6 is 12.1 Å². The zero-order chi connectivity index (χ0) is 31.8. The van der Waals surface area contributed by atoms with E-state index >= 15 is 0 Å². The van der Waals surface area contributed by atoms with Gasteiger partial charge in [0.25, 0.3) is 11.5 Å². The molecule has 4 heterocycles. The fraction of sp³-hybridized carbons (Fsp3) is 0.206. The number of amides is 1. The molecule has 1 aliphatic rings. The smallest absolute Gasteiger partial charge is 0.264 e. The summed E-state index contributed by atoms with van der Waals surface area (Å²) in [6.07, 6.45) is 8.46. The Bertz CT molecular complexity index is 2240. The molecule has 0 spiro atoms. The number of pyridine rings is 1. The lowest BCUT2D eigenvalue weighted by Gasteiger charge is -2.24. The van der Waals surface area contributed by atoms with Crippen LogP contribution in [0.4, 0.5) is 5.82 Å². The number of para-hydroxylation sites is 1. The van der Waals surface area contributed by atoms with Gasteiger partial charge < -0.3 is 5.32 Å². The summed E-state index contributed by atoms with van der Waals surface area (Å²) in [6.45, 7) is 4.62. The Hall–Kier alpha value is -5.38. The molecule has 7 rings (SSSR count). The first-order valence-electron chi connectivity index (χ1n) is 15.0. The molecule has 230 valence electrons. The summed E-state index contributed by atoms with van der Waals surface area (Å²) in [5.74, 6) is 6.45. The summed E-state index contributed by atoms with van der Waals surface area (Å²) in [6, 6.07) is 14.8. The molecule has 0 saturated heterocycles. The second kappa shape index (κ2) is 12.2. The third-order valence-corrected chi connectivity index (χ3v) is 8.74. The van der Waals surface area contributed by atoms with Crippen molar-refractivity contribution >= 4 is 40.3 Å². The molecule has 46 heavy (non-hydrogen) atoms. The van der Waals surface area contributed by atoms with E-state index in [9.17, 15) is 9.59 Å². The lowest BCUT2D eigenvalue weighted by Crippen LogP contribution is -2.33. The molecule has 1 atom stereocenters. The number of anilines is 1. The standard InChI is InChI=1S/C34H31N9O2S/c1-4-37-46-40-31-29(32-35-17-8-18-42(32)39-31)33(44)38-21(2)30-26-16-15-23-13-14-24(12-11-22-19-36-41(3)20-22)28(27(23)26)34(45)43(30)25-9-6-5-7-10-25/h5-10,13-14,17-21,37H,4,15-16H2,1-3H3,(H,38,44)(H,39,40). The first-order chi connectivity index (χ1) is 22.4. The minimum Gasteiger partial charge on any atom is -0.344 e. The van der Waals surface area contributed by atoms with Crippen LogP contribution < -0.4 is 20.3 Å². The van der Waals surface area contributed by atoms with Crippen LogP contribution in [0.3, 0.4) is 0 Å². The van der Waals surface area contributed by atoms with Gasteiger partial charge in [-0.15, -0.1) is 5.10 Å². The van der Waals surface area contributed by atoms with E-state index in [2.05, 4.69) is 47.8 Å². The van der Waals surface area contributed by atoms with Crippen LogP contribution in [-0.2, 0) is 19.9 Å². The van der Waals surface area contributed by atoms with Crippen molar-refractivity contribution in [3.05, 3.63) is 117 Å². The van der Waals surface area contributed by atoms with Crippen LogP contribution in [0.5, 0.6) is 0 Å². The van der Waals surface area contributed by atoms with E-state index in [1.165, 1.54) is 12.1 Å². The Kier molecular flexibility index (Phi) is 7.78. The number of fused-ring (bicyclic) bond motifs is 1. The van der Waals surface area contributed by atoms with E-state index in [-0.39, 0.29) is 11.5 Å². The quantitative estimate of drug-likeness (QED) is 0.129. The van der Waals surface area contributed by atoms with Gasteiger partial charge in [0.15, 0.2) is 11.5 Å². The van der Waals surface area contributed by atoms with Gasteiger partial charge in [-0.1, -0.05) is 43.0 Å². The van der Waals surface area contributed by atoms with Crippen LogP contribution in [0, 0.1) is 11.8 Å². The number of carbonyl (C=O) groups is 1. The van der Waals surface area contributed by atoms with Crippen molar-refractivity contribution in [3.63, 3.8) is 0 Å². The van der Waals surface area contributed by atoms with E-state index in [0.29, 0.717) is 33.7 Å². The molecule has 1 aliphatic carbocycles. The van der Waals surface area contributed by atoms with Gasteiger partial charge >= 0.3 is 0 Å². The number of aryl methyl sites for hydroxylation is 3. The van der Waals surface area contributed by atoms with Crippen molar-refractivity contribution in [1.29, 1.82) is 0 Å². The Labute approximate surface area is 269 Å². The fourth-order valence-electron chi connectivity index (χ4n) is 6.10. The molecular weight excluding hydrogens is 599 g/mol. The van der Waals surface area contributed by atoms with Gasteiger partial charge in [0.2, 0.25) is 0 Å². The van der Waals surface area contributed by atoms with Crippen molar-refractivity contribution < 1.29 is 4.79 Å². The predicted octanol–water partition coefficient (Wildman–Crippen LogP) is 4.34. The Morgan fingerprint density at radius 2 is 1.93 bits per heavy atom. The first kappa shape index (κ1) is 29.3. The number of hydrogen-bond acceptors (Lipinski definition) is 8. The largest absolute Gasteiger partial charge is 0.344 e. The van der Waals surface area contributed by atoms with E-state index in [1.54, 1.807) is 38.4 Å². The van der Waals surface area contributed by atoms with Gasteiger partial charge in [0.05, 0.1) is 28.9 Å². The third kappa shape index (κ3) is 5.19. The molecular formula is C34H31N9O2S. The predicted molar refractivity (Wildman–Crippen MR) is 180 cm³/mol. The van der Waals surface area contributed by atoms with E-state index in [4.69, 9.17) is 0 Å². The average molecular weight is 630 g/mol. The van der Waals surface area contributed by atoms with Gasteiger partial charge in [-0.2, -0.15) is 5.10 Å². The highest BCUT2D eigenvalue weighted by molar-refractivity contribution is 7.98. The Morgan fingerprint density at radius 1 is 1.09 bits per heavy atom. The maximum atomic E-state index is 14.6. The van der Waals surface area contributed by atoms with Crippen molar-refractivity contribution in [2.75, 3.05) is 11.3 Å². The van der Waals surface area contributed by atoms with Crippen LogP contribution in [0.2, 0.25) is 0 Å². The van der Waals surface area contributed by atoms with Crippen LogP contribution in [-0.4, -0.2) is 41.4 Å². The van der Waals surface area contributed by atoms with Gasteiger partial charge in [-0.05, 0) is 60.5 Å². The zero-order valence-corrected chi connectivity index (χ0v) is 26.4. The SMILES string of the molecule is CCNSNc1nn2cccnc2c1C(=O)NC(C)c1c2c3c(ccc(C#Cc4cnn(C)c4)c3c(=O)n1-c1ccccc1)CC2. The monoisotopic (exact) mass is 629 g/mol. The molecule has 11 nitrogen and oxygen atoms in total. The van der Waals surface area contributed by atoms with Crippen molar-refractivity contribution in [1.82, 2.24) is 39.0 Å². The lowest BCUT2D eigenvalue weighted by molar-refractivity contribution is 0.0941. The highest BCUT2D eigenvalue weighted by atomic mass is 32.2. The van der Waals surface area contributed by atoms with E-state index in [1.807, 2.05) is 63.5 Å². The summed E-state index contributed by atoms with van der Waals surface area (Å²) in [4.78, 5) is 33.1. The first-order valence-corrected chi connectivity index (χ1v) is 15.8. The summed E-state index contributed by atoms with van der Waals surface area (Å²) in [7, 11) is 1.84. The lowest BCUT2D eigenvalue weighted by atomic mass is 9.97. The van der Waals surface area contributed by atoms with Crippen molar-refractivity contribution in [3.8, 4) is 17.5 Å². The Balaban J connectivity index is 1.37. The molecule has 6 aromatic rings. The minimum atomic E-state index is -0.538. The normalized spacial score (nSPS) is 12.7. The average Bonchev–Trinajstić information content (AvgIpc) is 3.79. The molecule has 0 aliphatic heterocycles. The maximum Gasteiger partial charge on any atom is 0.264 e. The molecule has 1 unspecified atom stereocenters. The maximum absolute atomic E-state index is 14.6. The highest BCUT2D eigenvalue weighted by Crippen LogP contribution is 2.36. The number of aromatic nitrogens is 6. The molecule has 0 radical (unpaired) electrons. The van der Waals surface area contributed by atoms with E-state index in [0.717, 1.165) is 47.2 Å². The van der Waals surface area contributed by atoms with Crippen molar-refractivity contribution in [2.24, 2.45) is 7.05 Å². The van der Waals surface area contributed by atoms with Crippen LogP contribution in [0.1, 0.15) is 58.2 Å². The van der Waals surface area contributed by atoms with Gasteiger partial charge in [-0.3, -0.25) is 23.6 Å². The molecule has 0 bridgehead atoms. The summed E-state index contributed by atoms with van der Waals surface area (Å²) in [5.41, 5.74) is 5.59. The number of nitrogens with zero attached hydrogens (tertiary/aromatic N) is 6. The second-order valence-electron chi connectivity index (χ2n) is 11.0. The molecule has 3 N–H and O–H groups in total.